The summed E-state index contributed by atoms with van der Waals surface area (Å²) in [5, 5.41) is 8.54. The second-order valence-electron chi connectivity index (χ2n) is 4.57. The van der Waals surface area contributed by atoms with Crippen molar-refractivity contribution in [3.63, 3.8) is 0 Å². The van der Waals surface area contributed by atoms with E-state index in [0.717, 1.165) is 6.42 Å². The first-order valence-corrected chi connectivity index (χ1v) is 7.16. The van der Waals surface area contributed by atoms with E-state index < -0.39 is 0 Å². The van der Waals surface area contributed by atoms with Crippen molar-refractivity contribution < 1.29 is 28.8 Å². The van der Waals surface area contributed by atoms with Crippen molar-refractivity contribution in [2.24, 2.45) is 5.92 Å². The fourth-order valence-corrected chi connectivity index (χ4v) is 1.28. The van der Waals surface area contributed by atoms with Crippen molar-refractivity contribution in [3.05, 3.63) is 0 Å². The van der Waals surface area contributed by atoms with E-state index in [2.05, 4.69) is 0 Å². The molecular weight excluding hydrogens is 264 g/mol. The molecule has 0 saturated heterocycles. The number of rotatable bonds is 13. The third-order valence-electron chi connectivity index (χ3n) is 2.70. The zero-order valence-corrected chi connectivity index (χ0v) is 12.8. The van der Waals surface area contributed by atoms with Crippen LogP contribution in [0.1, 0.15) is 27.2 Å². The molecule has 0 aliphatic rings. The maximum absolute atomic E-state index is 11.3. The molecule has 0 radical (unpaired) electrons. The Labute approximate surface area is 121 Å². The van der Waals surface area contributed by atoms with Gasteiger partial charge in [-0.3, -0.25) is 4.79 Å². The SMILES string of the molecule is CCC(C)C(=O)OCCOCCOC(C)COCCO. The highest BCUT2D eigenvalue weighted by atomic mass is 16.6. The van der Waals surface area contributed by atoms with E-state index in [9.17, 15) is 4.79 Å². The molecule has 0 heterocycles. The molecule has 2 unspecified atom stereocenters. The van der Waals surface area contributed by atoms with E-state index in [1.807, 2.05) is 20.8 Å². The first kappa shape index (κ1) is 19.3. The standard InChI is InChI=1S/C14H28O6/c1-4-12(2)14(16)20-10-8-17-7-9-19-13(3)11-18-6-5-15/h12-13,15H,4-11H2,1-3H3. The van der Waals surface area contributed by atoms with Gasteiger partial charge in [0.15, 0.2) is 0 Å². The van der Waals surface area contributed by atoms with Crippen molar-refractivity contribution in [3.8, 4) is 0 Å². The molecule has 20 heavy (non-hydrogen) atoms. The summed E-state index contributed by atoms with van der Waals surface area (Å²) in [4.78, 5) is 11.3. The van der Waals surface area contributed by atoms with Crippen LogP contribution in [0.25, 0.3) is 0 Å². The van der Waals surface area contributed by atoms with E-state index in [0.29, 0.717) is 33.0 Å². The van der Waals surface area contributed by atoms with Gasteiger partial charge in [0.25, 0.3) is 0 Å². The smallest absolute Gasteiger partial charge is 0.308 e. The monoisotopic (exact) mass is 292 g/mol. The van der Waals surface area contributed by atoms with Gasteiger partial charge in [0, 0.05) is 0 Å². The molecule has 0 amide bonds. The second kappa shape index (κ2) is 13.3. The van der Waals surface area contributed by atoms with Crippen molar-refractivity contribution in [1.82, 2.24) is 0 Å². The fraction of sp³-hybridized carbons (Fsp3) is 0.929. The molecule has 120 valence electrons. The average molecular weight is 292 g/mol. The van der Waals surface area contributed by atoms with Gasteiger partial charge in [0.2, 0.25) is 0 Å². The van der Waals surface area contributed by atoms with Crippen LogP contribution >= 0.6 is 0 Å². The lowest BCUT2D eigenvalue weighted by Gasteiger charge is -2.13. The van der Waals surface area contributed by atoms with Gasteiger partial charge in [-0.05, 0) is 13.3 Å². The van der Waals surface area contributed by atoms with Crippen LogP contribution in [-0.2, 0) is 23.7 Å². The molecule has 0 aromatic carbocycles. The summed E-state index contributed by atoms with van der Waals surface area (Å²) in [5.74, 6) is -0.236. The molecule has 0 bridgehead atoms. The van der Waals surface area contributed by atoms with Gasteiger partial charge in [-0.15, -0.1) is 0 Å². The van der Waals surface area contributed by atoms with Crippen LogP contribution in [0.4, 0.5) is 0 Å². The number of aliphatic hydroxyl groups excluding tert-OH is 1. The second-order valence-corrected chi connectivity index (χ2v) is 4.57. The third kappa shape index (κ3) is 11.2. The minimum Gasteiger partial charge on any atom is -0.463 e. The van der Waals surface area contributed by atoms with Crippen molar-refractivity contribution in [1.29, 1.82) is 0 Å². The number of carbonyl (C=O) groups is 1. The molecule has 0 aliphatic carbocycles. The minimum atomic E-state index is -0.179. The molecule has 0 fully saturated rings. The van der Waals surface area contributed by atoms with E-state index in [4.69, 9.17) is 24.1 Å². The summed E-state index contributed by atoms with van der Waals surface area (Å²) in [6.45, 7) is 8.05. The molecule has 0 aromatic heterocycles. The van der Waals surface area contributed by atoms with Crippen LogP contribution in [0.3, 0.4) is 0 Å². The Kier molecular flexibility index (Phi) is 12.8. The molecule has 0 saturated carbocycles. The van der Waals surface area contributed by atoms with E-state index in [1.54, 1.807) is 0 Å². The lowest BCUT2D eigenvalue weighted by molar-refractivity contribution is -0.149. The largest absolute Gasteiger partial charge is 0.463 e. The van der Waals surface area contributed by atoms with Gasteiger partial charge in [-0.25, -0.2) is 0 Å². The lowest BCUT2D eigenvalue weighted by Crippen LogP contribution is -2.21. The van der Waals surface area contributed by atoms with E-state index in [1.165, 1.54) is 0 Å². The summed E-state index contributed by atoms with van der Waals surface area (Å²) in [6, 6.07) is 0. The zero-order valence-electron chi connectivity index (χ0n) is 12.8. The average Bonchev–Trinajstić information content (AvgIpc) is 2.45. The molecule has 0 aromatic rings. The molecule has 6 nitrogen and oxygen atoms in total. The van der Waals surface area contributed by atoms with Gasteiger partial charge < -0.3 is 24.1 Å². The molecule has 0 rings (SSSR count). The quantitative estimate of drug-likeness (QED) is 0.403. The summed E-state index contributed by atoms with van der Waals surface area (Å²) in [5.41, 5.74) is 0. The number of esters is 1. The molecule has 6 heteroatoms. The molecule has 2 atom stereocenters. The molecule has 0 spiro atoms. The summed E-state index contributed by atoms with van der Waals surface area (Å²) in [6.07, 6.45) is 0.748. The first-order valence-electron chi connectivity index (χ1n) is 7.16. The first-order chi connectivity index (χ1) is 9.61. The van der Waals surface area contributed by atoms with Gasteiger partial charge in [0.1, 0.15) is 6.61 Å². The number of aliphatic hydroxyl groups is 1. The number of hydrogen-bond acceptors (Lipinski definition) is 6. The summed E-state index contributed by atoms with van der Waals surface area (Å²) < 4.78 is 20.9. The van der Waals surface area contributed by atoms with Crippen LogP contribution < -0.4 is 0 Å². The Morgan fingerprint density at radius 2 is 1.75 bits per heavy atom. The summed E-state index contributed by atoms with van der Waals surface area (Å²) in [7, 11) is 0. The Morgan fingerprint density at radius 3 is 2.40 bits per heavy atom. The maximum atomic E-state index is 11.3. The Morgan fingerprint density at radius 1 is 1.05 bits per heavy atom. The summed E-state index contributed by atoms with van der Waals surface area (Å²) >= 11 is 0. The third-order valence-corrected chi connectivity index (χ3v) is 2.70. The molecule has 0 aliphatic heterocycles. The van der Waals surface area contributed by atoms with Crippen molar-refractivity contribution >= 4 is 5.97 Å². The van der Waals surface area contributed by atoms with Crippen molar-refractivity contribution in [2.45, 2.75) is 33.3 Å². The number of carbonyl (C=O) groups excluding carboxylic acids is 1. The van der Waals surface area contributed by atoms with Gasteiger partial charge in [-0.2, -0.15) is 0 Å². The minimum absolute atomic E-state index is 0.0190. The van der Waals surface area contributed by atoms with Gasteiger partial charge in [0.05, 0.1) is 51.7 Å². The highest BCUT2D eigenvalue weighted by Gasteiger charge is 2.11. The highest BCUT2D eigenvalue weighted by molar-refractivity contribution is 5.71. The van der Waals surface area contributed by atoms with Crippen LogP contribution in [0.2, 0.25) is 0 Å². The van der Waals surface area contributed by atoms with Crippen LogP contribution in [-0.4, -0.2) is 63.4 Å². The van der Waals surface area contributed by atoms with Gasteiger partial charge >= 0.3 is 5.97 Å². The van der Waals surface area contributed by atoms with Crippen molar-refractivity contribution in [2.75, 3.05) is 46.2 Å². The van der Waals surface area contributed by atoms with Crippen LogP contribution in [0.5, 0.6) is 0 Å². The highest BCUT2D eigenvalue weighted by Crippen LogP contribution is 2.02. The number of ether oxygens (including phenoxy) is 4. The predicted molar refractivity (Wildman–Crippen MR) is 74.6 cm³/mol. The maximum Gasteiger partial charge on any atom is 0.308 e. The normalized spacial score (nSPS) is 14.0. The number of hydrogen-bond donors (Lipinski definition) is 1. The fourth-order valence-electron chi connectivity index (χ4n) is 1.28. The topological polar surface area (TPSA) is 74.2 Å². The Hall–Kier alpha value is -0.690. The van der Waals surface area contributed by atoms with E-state index in [-0.39, 0.29) is 31.2 Å². The Balaban J connectivity index is 3.30. The Bertz CT molecular complexity index is 234. The van der Waals surface area contributed by atoms with Crippen LogP contribution in [0.15, 0.2) is 0 Å². The van der Waals surface area contributed by atoms with Crippen LogP contribution in [0, 0.1) is 5.92 Å². The zero-order chi connectivity index (χ0) is 15.2. The molecular formula is C14H28O6. The lowest BCUT2D eigenvalue weighted by atomic mass is 10.1. The predicted octanol–water partition coefficient (Wildman–Crippen LogP) is 1.01. The molecule has 1 N–H and O–H groups in total. The van der Waals surface area contributed by atoms with Gasteiger partial charge in [-0.1, -0.05) is 13.8 Å². The van der Waals surface area contributed by atoms with E-state index >= 15 is 0 Å².